The van der Waals surface area contributed by atoms with Crippen LogP contribution in [0, 0.1) is 5.41 Å². The fraction of sp³-hybridized carbons (Fsp3) is 0.438. The lowest BCUT2D eigenvalue weighted by Crippen LogP contribution is -2.12. The zero-order chi connectivity index (χ0) is 13.7. The monoisotopic (exact) mass is 257 g/mol. The topological polar surface area (TPSA) is 29.9 Å². The van der Waals surface area contributed by atoms with Crippen LogP contribution < -0.4 is 5.32 Å². The van der Waals surface area contributed by atoms with Crippen molar-refractivity contribution in [3.63, 3.8) is 0 Å². The minimum Gasteiger partial charge on any atom is -0.385 e. The Bertz CT molecular complexity index is 495. The van der Waals surface area contributed by atoms with E-state index in [4.69, 9.17) is 0 Å². The summed E-state index contributed by atoms with van der Waals surface area (Å²) in [4.78, 5) is 4.06. The van der Waals surface area contributed by atoms with E-state index in [0.717, 1.165) is 13.1 Å². The molecule has 3 nitrogen and oxygen atoms in total. The zero-order valence-electron chi connectivity index (χ0n) is 12.1. The van der Waals surface area contributed by atoms with Gasteiger partial charge in [-0.1, -0.05) is 32.9 Å². The van der Waals surface area contributed by atoms with Crippen molar-refractivity contribution in [2.24, 2.45) is 5.41 Å². The maximum absolute atomic E-state index is 4.06. The van der Waals surface area contributed by atoms with Gasteiger partial charge in [0.05, 0.1) is 6.33 Å². The van der Waals surface area contributed by atoms with E-state index in [9.17, 15) is 0 Å². The maximum Gasteiger partial charge on any atom is 0.0949 e. The Labute approximate surface area is 115 Å². The van der Waals surface area contributed by atoms with Crippen LogP contribution in [0.25, 0.3) is 0 Å². The summed E-state index contributed by atoms with van der Waals surface area (Å²) in [7, 11) is 0. The molecule has 1 aromatic heterocycles. The second-order valence-corrected chi connectivity index (χ2v) is 6.17. The average molecular weight is 257 g/mol. The van der Waals surface area contributed by atoms with Gasteiger partial charge in [-0.05, 0) is 29.5 Å². The highest BCUT2D eigenvalue weighted by Gasteiger charge is 2.08. The molecule has 0 saturated carbocycles. The smallest absolute Gasteiger partial charge is 0.0949 e. The molecule has 0 aliphatic heterocycles. The molecule has 1 aromatic carbocycles. The summed E-state index contributed by atoms with van der Waals surface area (Å²) in [5, 5.41) is 3.50. The van der Waals surface area contributed by atoms with Crippen molar-refractivity contribution in [1.29, 1.82) is 0 Å². The molecule has 0 radical (unpaired) electrons. The number of anilines is 1. The summed E-state index contributed by atoms with van der Waals surface area (Å²) in [6.07, 6.45) is 6.81. The Morgan fingerprint density at radius 2 is 2.11 bits per heavy atom. The van der Waals surface area contributed by atoms with Crippen LogP contribution >= 0.6 is 0 Å². The molecule has 0 atom stereocenters. The van der Waals surface area contributed by atoms with Crippen molar-refractivity contribution in [3.8, 4) is 0 Å². The molecule has 1 N–H and O–H groups in total. The molecule has 102 valence electrons. The second-order valence-electron chi connectivity index (χ2n) is 6.17. The van der Waals surface area contributed by atoms with Crippen LogP contribution in [-0.2, 0) is 6.54 Å². The summed E-state index contributed by atoms with van der Waals surface area (Å²) >= 11 is 0. The minimum atomic E-state index is 0.376. The van der Waals surface area contributed by atoms with Crippen molar-refractivity contribution < 1.29 is 0 Å². The SMILES string of the molecule is CC(C)(C)CCNc1cccc(Cn2ccnc2)c1. The number of nitrogens with zero attached hydrogens (tertiary/aromatic N) is 2. The first kappa shape index (κ1) is 13.7. The van der Waals surface area contributed by atoms with Gasteiger partial charge >= 0.3 is 0 Å². The Kier molecular flexibility index (Phi) is 4.25. The van der Waals surface area contributed by atoms with Crippen molar-refractivity contribution in [2.75, 3.05) is 11.9 Å². The van der Waals surface area contributed by atoms with Crippen molar-refractivity contribution in [2.45, 2.75) is 33.7 Å². The van der Waals surface area contributed by atoms with Gasteiger partial charge in [0.25, 0.3) is 0 Å². The van der Waals surface area contributed by atoms with Gasteiger partial charge in [-0.2, -0.15) is 0 Å². The van der Waals surface area contributed by atoms with E-state index in [2.05, 4.69) is 59.9 Å². The van der Waals surface area contributed by atoms with E-state index in [1.807, 2.05) is 18.7 Å². The standard InChI is InChI=1S/C16H23N3/c1-16(2,3)7-8-18-15-6-4-5-14(11-15)12-19-10-9-17-13-19/h4-6,9-11,13,18H,7-8,12H2,1-3H3. The Morgan fingerprint density at radius 3 is 2.79 bits per heavy atom. The first-order valence-corrected chi connectivity index (χ1v) is 6.81. The summed E-state index contributed by atoms with van der Waals surface area (Å²) in [6, 6.07) is 8.59. The first-order chi connectivity index (χ1) is 9.03. The highest BCUT2D eigenvalue weighted by atomic mass is 15.0. The Hall–Kier alpha value is -1.77. The average Bonchev–Trinajstić information content (AvgIpc) is 2.80. The van der Waals surface area contributed by atoms with Crippen LogP contribution in [0.5, 0.6) is 0 Å². The van der Waals surface area contributed by atoms with Crippen LogP contribution in [0.4, 0.5) is 5.69 Å². The molecule has 0 spiro atoms. The molecule has 19 heavy (non-hydrogen) atoms. The van der Waals surface area contributed by atoms with Crippen LogP contribution in [0.15, 0.2) is 43.0 Å². The van der Waals surface area contributed by atoms with Crippen molar-refractivity contribution >= 4 is 5.69 Å². The first-order valence-electron chi connectivity index (χ1n) is 6.81. The van der Waals surface area contributed by atoms with E-state index in [0.29, 0.717) is 5.41 Å². The summed E-state index contributed by atoms with van der Waals surface area (Å²) < 4.78 is 2.08. The van der Waals surface area contributed by atoms with Crippen molar-refractivity contribution in [1.82, 2.24) is 9.55 Å². The van der Waals surface area contributed by atoms with Gasteiger partial charge in [0.2, 0.25) is 0 Å². The fourth-order valence-corrected chi connectivity index (χ4v) is 1.95. The normalized spacial score (nSPS) is 11.5. The van der Waals surface area contributed by atoms with Gasteiger partial charge in [0, 0.05) is 31.2 Å². The van der Waals surface area contributed by atoms with Gasteiger partial charge in [-0.25, -0.2) is 4.98 Å². The molecule has 0 fully saturated rings. The van der Waals surface area contributed by atoms with Gasteiger partial charge in [0.1, 0.15) is 0 Å². The minimum absolute atomic E-state index is 0.376. The maximum atomic E-state index is 4.06. The molecule has 0 bridgehead atoms. The molecule has 0 aliphatic carbocycles. The fourth-order valence-electron chi connectivity index (χ4n) is 1.95. The third-order valence-electron chi connectivity index (χ3n) is 3.06. The molecule has 2 aromatic rings. The predicted octanol–water partition coefficient (Wildman–Crippen LogP) is 3.78. The number of aromatic nitrogens is 2. The van der Waals surface area contributed by atoms with E-state index < -0.39 is 0 Å². The third-order valence-corrected chi connectivity index (χ3v) is 3.06. The van der Waals surface area contributed by atoms with E-state index in [1.54, 1.807) is 0 Å². The number of nitrogens with one attached hydrogen (secondary N) is 1. The Balaban J connectivity index is 1.92. The lowest BCUT2D eigenvalue weighted by Gasteiger charge is -2.18. The number of hydrogen-bond donors (Lipinski definition) is 1. The lowest BCUT2D eigenvalue weighted by atomic mass is 9.92. The number of rotatable bonds is 5. The van der Waals surface area contributed by atoms with Gasteiger partial charge in [-0.15, -0.1) is 0 Å². The van der Waals surface area contributed by atoms with Gasteiger partial charge in [0.15, 0.2) is 0 Å². The molecule has 1 heterocycles. The van der Waals surface area contributed by atoms with Crippen LogP contribution in [0.1, 0.15) is 32.8 Å². The van der Waals surface area contributed by atoms with Crippen LogP contribution in [-0.4, -0.2) is 16.1 Å². The zero-order valence-corrected chi connectivity index (χ0v) is 12.1. The second kappa shape index (κ2) is 5.91. The van der Waals surface area contributed by atoms with E-state index >= 15 is 0 Å². The van der Waals surface area contributed by atoms with Gasteiger partial charge < -0.3 is 9.88 Å². The van der Waals surface area contributed by atoms with Crippen molar-refractivity contribution in [3.05, 3.63) is 48.5 Å². The Morgan fingerprint density at radius 1 is 1.26 bits per heavy atom. The number of benzene rings is 1. The highest BCUT2D eigenvalue weighted by Crippen LogP contribution is 2.19. The molecule has 3 heteroatoms. The highest BCUT2D eigenvalue weighted by molar-refractivity contribution is 5.45. The lowest BCUT2D eigenvalue weighted by molar-refractivity contribution is 0.390. The predicted molar refractivity (Wildman–Crippen MR) is 80.3 cm³/mol. The van der Waals surface area contributed by atoms with Gasteiger partial charge in [-0.3, -0.25) is 0 Å². The van der Waals surface area contributed by atoms with E-state index in [1.165, 1.54) is 17.7 Å². The largest absolute Gasteiger partial charge is 0.385 e. The summed E-state index contributed by atoms with van der Waals surface area (Å²) in [5.74, 6) is 0. The quantitative estimate of drug-likeness (QED) is 0.883. The molecule has 0 unspecified atom stereocenters. The van der Waals surface area contributed by atoms with E-state index in [-0.39, 0.29) is 0 Å². The summed E-state index contributed by atoms with van der Waals surface area (Å²) in [6.45, 7) is 8.69. The molecular weight excluding hydrogens is 234 g/mol. The summed E-state index contributed by atoms with van der Waals surface area (Å²) in [5.41, 5.74) is 2.86. The molecule has 2 rings (SSSR count). The van der Waals surface area contributed by atoms with Crippen LogP contribution in [0.2, 0.25) is 0 Å². The third kappa shape index (κ3) is 4.78. The number of hydrogen-bond acceptors (Lipinski definition) is 2. The molecule has 0 aliphatic rings. The number of imidazole rings is 1. The molecule has 0 amide bonds. The van der Waals surface area contributed by atoms with Crippen LogP contribution in [0.3, 0.4) is 0 Å². The molecule has 0 saturated heterocycles. The molecular formula is C16H23N3.